The molecule has 6 heteroatoms. The fraction of sp³-hybridized carbons (Fsp3) is 0.300. The van der Waals surface area contributed by atoms with Crippen LogP contribution >= 0.6 is 22.7 Å². The number of hydrogen-bond acceptors (Lipinski definition) is 6. The van der Waals surface area contributed by atoms with Gasteiger partial charge in [-0.1, -0.05) is 0 Å². The Labute approximate surface area is 160 Å². The Morgan fingerprint density at radius 2 is 2.12 bits per heavy atom. The first-order valence-corrected chi connectivity index (χ1v) is 10.6. The third kappa shape index (κ3) is 2.69. The van der Waals surface area contributed by atoms with E-state index in [2.05, 4.69) is 35.4 Å². The van der Waals surface area contributed by atoms with Gasteiger partial charge in [0.2, 0.25) is 0 Å². The van der Waals surface area contributed by atoms with Gasteiger partial charge < -0.3 is 11.1 Å². The second-order valence-corrected chi connectivity index (χ2v) is 9.06. The molecule has 2 atom stereocenters. The van der Waals surface area contributed by atoms with Gasteiger partial charge in [0.1, 0.15) is 9.84 Å². The molecular weight excluding hydrogens is 360 g/mol. The smallest absolute Gasteiger partial charge is 0.125 e. The predicted molar refractivity (Wildman–Crippen MR) is 112 cm³/mol. The SMILES string of the molecule is CC1NCCCC1c1cc2c(-c3nc4cc(N)ccc4s3)ccnc2s1. The van der Waals surface area contributed by atoms with Crippen molar-refractivity contribution in [1.29, 1.82) is 0 Å². The zero-order chi connectivity index (χ0) is 17.7. The molecule has 0 amide bonds. The third-order valence-electron chi connectivity index (χ3n) is 5.22. The number of nitrogen functional groups attached to an aromatic ring is 1. The van der Waals surface area contributed by atoms with E-state index in [-0.39, 0.29) is 0 Å². The summed E-state index contributed by atoms with van der Waals surface area (Å²) in [6.07, 6.45) is 4.39. The summed E-state index contributed by atoms with van der Waals surface area (Å²) in [5, 5.41) is 5.87. The molecule has 4 aromatic rings. The predicted octanol–water partition coefficient (Wildman–Crippen LogP) is 5.01. The van der Waals surface area contributed by atoms with Gasteiger partial charge in [-0.25, -0.2) is 9.97 Å². The van der Waals surface area contributed by atoms with Crippen molar-refractivity contribution in [2.45, 2.75) is 31.7 Å². The van der Waals surface area contributed by atoms with Gasteiger partial charge >= 0.3 is 0 Å². The van der Waals surface area contributed by atoms with Gasteiger partial charge in [0.05, 0.1) is 10.2 Å². The Morgan fingerprint density at radius 1 is 1.19 bits per heavy atom. The van der Waals surface area contributed by atoms with Crippen LogP contribution in [0.3, 0.4) is 0 Å². The van der Waals surface area contributed by atoms with Crippen LogP contribution in [0, 0.1) is 0 Å². The van der Waals surface area contributed by atoms with Gasteiger partial charge in [-0.15, -0.1) is 22.7 Å². The number of benzene rings is 1. The molecule has 0 bridgehead atoms. The first-order valence-electron chi connectivity index (χ1n) is 8.97. The van der Waals surface area contributed by atoms with Crippen molar-refractivity contribution in [2.24, 2.45) is 0 Å². The number of thiazole rings is 1. The number of rotatable bonds is 2. The van der Waals surface area contributed by atoms with Crippen molar-refractivity contribution in [3.63, 3.8) is 0 Å². The summed E-state index contributed by atoms with van der Waals surface area (Å²) in [5.41, 5.74) is 8.81. The Morgan fingerprint density at radius 3 is 3.00 bits per heavy atom. The lowest BCUT2D eigenvalue weighted by atomic mass is 9.90. The quantitative estimate of drug-likeness (QED) is 0.480. The minimum absolute atomic E-state index is 0.519. The number of hydrogen-bond donors (Lipinski definition) is 2. The average molecular weight is 381 g/mol. The normalized spacial score (nSPS) is 20.8. The molecule has 0 saturated carbocycles. The molecule has 132 valence electrons. The lowest BCUT2D eigenvalue weighted by Gasteiger charge is -2.29. The largest absolute Gasteiger partial charge is 0.399 e. The van der Waals surface area contributed by atoms with Crippen LogP contribution in [0.4, 0.5) is 5.69 Å². The standard InChI is InChI=1S/C20H20N4S2/c1-11-13(3-2-7-22-11)18-10-15-14(6-8-23-19(15)26-18)20-24-16-9-12(21)4-5-17(16)25-20/h4-6,8-11,13,22H,2-3,7,21H2,1H3. The van der Waals surface area contributed by atoms with Crippen LogP contribution in [0.1, 0.15) is 30.6 Å². The third-order valence-corrected chi connectivity index (χ3v) is 7.47. The van der Waals surface area contributed by atoms with Gasteiger partial charge in [-0.2, -0.15) is 0 Å². The van der Waals surface area contributed by atoms with Crippen LogP contribution in [0.5, 0.6) is 0 Å². The maximum atomic E-state index is 5.91. The first-order chi connectivity index (χ1) is 12.7. The van der Waals surface area contributed by atoms with E-state index in [1.807, 2.05) is 29.7 Å². The second kappa shape index (κ2) is 6.30. The molecule has 1 fully saturated rings. The maximum Gasteiger partial charge on any atom is 0.125 e. The number of pyridine rings is 1. The van der Waals surface area contributed by atoms with Gasteiger partial charge in [0.15, 0.2) is 0 Å². The molecule has 1 aliphatic rings. The van der Waals surface area contributed by atoms with Crippen LogP contribution in [0.25, 0.3) is 31.0 Å². The number of nitrogens with one attached hydrogen (secondary N) is 1. The summed E-state index contributed by atoms with van der Waals surface area (Å²) in [6, 6.07) is 10.9. The minimum Gasteiger partial charge on any atom is -0.399 e. The number of nitrogens with zero attached hydrogens (tertiary/aromatic N) is 2. The average Bonchev–Trinajstić information content (AvgIpc) is 3.25. The number of aromatic nitrogens is 2. The fourth-order valence-corrected chi connectivity index (χ4v) is 6.07. The highest BCUT2D eigenvalue weighted by atomic mass is 32.1. The number of nitrogens with two attached hydrogens (primary N) is 1. The van der Waals surface area contributed by atoms with E-state index in [1.165, 1.54) is 33.4 Å². The lowest BCUT2D eigenvalue weighted by molar-refractivity contribution is 0.375. The number of piperidine rings is 1. The monoisotopic (exact) mass is 380 g/mol. The zero-order valence-corrected chi connectivity index (χ0v) is 16.2. The Bertz CT molecular complexity index is 1100. The highest BCUT2D eigenvalue weighted by Crippen LogP contribution is 2.40. The fourth-order valence-electron chi connectivity index (χ4n) is 3.82. The van der Waals surface area contributed by atoms with Crippen LogP contribution in [0.15, 0.2) is 36.5 Å². The van der Waals surface area contributed by atoms with Crippen LogP contribution in [0.2, 0.25) is 0 Å². The topological polar surface area (TPSA) is 63.8 Å². The molecule has 26 heavy (non-hydrogen) atoms. The highest BCUT2D eigenvalue weighted by molar-refractivity contribution is 7.22. The van der Waals surface area contributed by atoms with E-state index in [0.29, 0.717) is 12.0 Å². The molecule has 0 spiro atoms. The number of fused-ring (bicyclic) bond motifs is 2. The second-order valence-electron chi connectivity index (χ2n) is 6.96. The number of anilines is 1. The van der Waals surface area contributed by atoms with Crippen LogP contribution < -0.4 is 11.1 Å². The molecule has 1 aliphatic heterocycles. The van der Waals surface area contributed by atoms with E-state index in [1.54, 1.807) is 11.3 Å². The molecular formula is C20H20N4S2. The lowest BCUT2D eigenvalue weighted by Crippen LogP contribution is -2.37. The van der Waals surface area contributed by atoms with E-state index >= 15 is 0 Å². The summed E-state index contributed by atoms with van der Waals surface area (Å²) >= 11 is 3.55. The molecule has 3 N–H and O–H groups in total. The van der Waals surface area contributed by atoms with E-state index in [0.717, 1.165) is 27.6 Å². The van der Waals surface area contributed by atoms with Crippen LogP contribution in [-0.2, 0) is 0 Å². The van der Waals surface area contributed by atoms with E-state index in [4.69, 9.17) is 10.7 Å². The molecule has 4 heterocycles. The van der Waals surface area contributed by atoms with Gasteiger partial charge in [0, 0.05) is 39.7 Å². The van der Waals surface area contributed by atoms with Gasteiger partial charge in [0.25, 0.3) is 0 Å². The van der Waals surface area contributed by atoms with Gasteiger partial charge in [-0.3, -0.25) is 0 Å². The summed E-state index contributed by atoms with van der Waals surface area (Å²) in [4.78, 5) is 12.0. The molecule has 5 rings (SSSR count). The maximum absolute atomic E-state index is 5.91. The molecule has 1 aromatic carbocycles. The highest BCUT2D eigenvalue weighted by Gasteiger charge is 2.25. The van der Waals surface area contributed by atoms with Crippen molar-refractivity contribution in [2.75, 3.05) is 12.3 Å². The molecule has 1 saturated heterocycles. The summed E-state index contributed by atoms with van der Waals surface area (Å²) in [5.74, 6) is 0.575. The molecule has 0 radical (unpaired) electrons. The summed E-state index contributed by atoms with van der Waals surface area (Å²) in [7, 11) is 0. The van der Waals surface area contributed by atoms with Crippen molar-refractivity contribution in [3.8, 4) is 10.6 Å². The summed E-state index contributed by atoms with van der Waals surface area (Å²) in [6.45, 7) is 3.42. The van der Waals surface area contributed by atoms with Crippen molar-refractivity contribution in [1.82, 2.24) is 15.3 Å². The van der Waals surface area contributed by atoms with Crippen molar-refractivity contribution < 1.29 is 0 Å². The van der Waals surface area contributed by atoms with Crippen molar-refractivity contribution in [3.05, 3.63) is 41.4 Å². The summed E-state index contributed by atoms with van der Waals surface area (Å²) < 4.78 is 1.17. The molecule has 3 aromatic heterocycles. The van der Waals surface area contributed by atoms with Crippen LogP contribution in [-0.4, -0.2) is 22.6 Å². The Balaban J connectivity index is 1.63. The molecule has 4 nitrogen and oxygen atoms in total. The van der Waals surface area contributed by atoms with E-state index in [9.17, 15) is 0 Å². The molecule has 2 unspecified atom stereocenters. The number of thiophene rings is 1. The minimum atomic E-state index is 0.519. The van der Waals surface area contributed by atoms with Crippen molar-refractivity contribution >= 4 is 48.8 Å². The van der Waals surface area contributed by atoms with Gasteiger partial charge in [-0.05, 0) is 56.6 Å². The Kier molecular flexibility index (Phi) is 3.92. The molecule has 0 aliphatic carbocycles. The zero-order valence-electron chi connectivity index (χ0n) is 14.5. The van der Waals surface area contributed by atoms with E-state index < -0.39 is 0 Å². The Hall–Kier alpha value is -2.02. The first kappa shape index (κ1) is 16.2.